The molecule has 0 bridgehead atoms. The predicted octanol–water partition coefficient (Wildman–Crippen LogP) is 2.94. The van der Waals surface area contributed by atoms with Crippen LogP contribution in [-0.4, -0.2) is 52.0 Å². The fraction of sp³-hybridized carbons (Fsp3) is 0.667. The number of carbonyl (C=O) groups excluding carboxylic acids is 1. The van der Waals surface area contributed by atoms with Crippen LogP contribution < -0.4 is 14.8 Å². The van der Waals surface area contributed by atoms with Crippen LogP contribution in [0.2, 0.25) is 0 Å². The Bertz CT molecular complexity index is 811. The van der Waals surface area contributed by atoms with Crippen LogP contribution in [0.3, 0.4) is 0 Å². The molecule has 2 fully saturated rings. The highest BCUT2D eigenvalue weighted by atomic mass is 32.2. The highest BCUT2D eigenvalue weighted by molar-refractivity contribution is 7.89. The molecule has 7 nitrogen and oxygen atoms in total. The molecule has 1 aliphatic carbocycles. The molecule has 8 heteroatoms. The van der Waals surface area contributed by atoms with Crippen LogP contribution in [0.1, 0.15) is 51.4 Å². The molecule has 1 saturated carbocycles. The Morgan fingerprint density at radius 2 is 1.76 bits per heavy atom. The number of hydrogen-bond acceptors (Lipinski definition) is 5. The first-order chi connectivity index (χ1) is 14.0. The van der Waals surface area contributed by atoms with E-state index >= 15 is 0 Å². The van der Waals surface area contributed by atoms with Gasteiger partial charge in [0, 0.05) is 25.2 Å². The first kappa shape index (κ1) is 21.9. The lowest BCUT2D eigenvalue weighted by Crippen LogP contribution is -2.51. The number of nitrogens with zero attached hydrogens (tertiary/aromatic N) is 1. The molecule has 2 aliphatic rings. The quantitative estimate of drug-likeness (QED) is 0.803. The summed E-state index contributed by atoms with van der Waals surface area (Å²) < 4.78 is 39.8. The molecule has 162 valence electrons. The summed E-state index contributed by atoms with van der Waals surface area (Å²) in [6.07, 6.45) is 6.92. The molecule has 1 amide bonds. The molecule has 1 heterocycles. The van der Waals surface area contributed by atoms with E-state index in [4.69, 9.17) is 9.47 Å². The van der Waals surface area contributed by atoms with Crippen molar-refractivity contribution in [3.63, 3.8) is 0 Å². The largest absolute Gasteiger partial charge is 0.497 e. The van der Waals surface area contributed by atoms with Gasteiger partial charge in [-0.3, -0.25) is 4.79 Å². The number of carbonyl (C=O) groups is 1. The number of methoxy groups -OCH3 is 2. The van der Waals surface area contributed by atoms with Crippen LogP contribution in [0.15, 0.2) is 23.1 Å². The normalized spacial score (nSPS) is 24.7. The van der Waals surface area contributed by atoms with E-state index in [1.54, 1.807) is 16.4 Å². The summed E-state index contributed by atoms with van der Waals surface area (Å²) in [5.74, 6) is 0.416. The van der Waals surface area contributed by atoms with Gasteiger partial charge in [-0.2, -0.15) is 4.31 Å². The summed E-state index contributed by atoms with van der Waals surface area (Å²) in [5, 5.41) is 3.03. The summed E-state index contributed by atoms with van der Waals surface area (Å²) in [7, 11) is -0.893. The van der Waals surface area contributed by atoms with Crippen molar-refractivity contribution in [3.8, 4) is 11.5 Å². The van der Waals surface area contributed by atoms with Crippen LogP contribution in [0, 0.1) is 5.92 Å². The third kappa shape index (κ3) is 4.86. The summed E-state index contributed by atoms with van der Waals surface area (Å²) in [5.41, 5.74) is 0. The average Bonchev–Trinajstić information content (AvgIpc) is 2.78. The smallest absolute Gasteiger partial charge is 0.247 e. The first-order valence-electron chi connectivity index (χ1n) is 10.5. The average molecular weight is 425 g/mol. The van der Waals surface area contributed by atoms with Crippen LogP contribution in [0.5, 0.6) is 11.5 Å². The molecule has 2 atom stereocenters. The van der Waals surface area contributed by atoms with Crippen molar-refractivity contribution < 1.29 is 22.7 Å². The van der Waals surface area contributed by atoms with E-state index in [1.807, 2.05) is 0 Å². The molecule has 0 aromatic heterocycles. The second kappa shape index (κ2) is 9.80. The molecule has 1 aromatic rings. The van der Waals surface area contributed by atoms with Crippen molar-refractivity contribution in [1.29, 1.82) is 0 Å². The Labute approximate surface area is 173 Å². The number of benzene rings is 1. The molecule has 1 N–H and O–H groups in total. The number of sulfonamides is 1. The van der Waals surface area contributed by atoms with E-state index in [0.29, 0.717) is 25.3 Å². The van der Waals surface area contributed by atoms with Gasteiger partial charge in [0.25, 0.3) is 0 Å². The second-order valence-corrected chi connectivity index (χ2v) is 9.66. The minimum atomic E-state index is -3.86. The van der Waals surface area contributed by atoms with Crippen molar-refractivity contribution in [3.05, 3.63) is 18.2 Å². The van der Waals surface area contributed by atoms with E-state index in [-0.39, 0.29) is 28.5 Å². The van der Waals surface area contributed by atoms with Gasteiger partial charge >= 0.3 is 0 Å². The fourth-order valence-corrected chi connectivity index (χ4v) is 6.33. The van der Waals surface area contributed by atoms with Crippen molar-refractivity contribution in [1.82, 2.24) is 9.62 Å². The van der Waals surface area contributed by atoms with E-state index < -0.39 is 10.0 Å². The fourth-order valence-electron chi connectivity index (χ4n) is 4.43. The van der Waals surface area contributed by atoms with E-state index in [0.717, 1.165) is 44.9 Å². The number of amides is 1. The third-order valence-electron chi connectivity index (χ3n) is 6.00. The number of hydrogen-bond donors (Lipinski definition) is 1. The van der Waals surface area contributed by atoms with E-state index in [1.165, 1.54) is 20.3 Å². The van der Waals surface area contributed by atoms with Gasteiger partial charge in [0.2, 0.25) is 15.9 Å². The molecule has 1 aromatic carbocycles. The van der Waals surface area contributed by atoms with Crippen molar-refractivity contribution in [2.75, 3.05) is 27.3 Å². The van der Waals surface area contributed by atoms with Crippen LogP contribution in [-0.2, 0) is 14.8 Å². The summed E-state index contributed by atoms with van der Waals surface area (Å²) >= 11 is 0. The van der Waals surface area contributed by atoms with Gasteiger partial charge < -0.3 is 14.8 Å². The van der Waals surface area contributed by atoms with Gasteiger partial charge in [0.1, 0.15) is 16.4 Å². The van der Waals surface area contributed by atoms with Gasteiger partial charge in [-0.1, -0.05) is 25.7 Å². The maximum Gasteiger partial charge on any atom is 0.247 e. The zero-order chi connectivity index (χ0) is 20.9. The third-order valence-corrected chi connectivity index (χ3v) is 7.94. The lowest BCUT2D eigenvalue weighted by molar-refractivity contribution is -0.127. The molecule has 1 saturated heterocycles. The molecule has 3 rings (SSSR count). The van der Waals surface area contributed by atoms with E-state index in [2.05, 4.69) is 5.32 Å². The lowest BCUT2D eigenvalue weighted by atomic mass is 9.83. The zero-order valence-electron chi connectivity index (χ0n) is 17.4. The Morgan fingerprint density at radius 3 is 2.52 bits per heavy atom. The zero-order valence-corrected chi connectivity index (χ0v) is 18.2. The Morgan fingerprint density at radius 1 is 1.00 bits per heavy atom. The number of nitrogens with one attached hydrogen (secondary N) is 1. The molecule has 0 unspecified atom stereocenters. The highest BCUT2D eigenvalue weighted by Crippen LogP contribution is 2.36. The monoisotopic (exact) mass is 424 g/mol. The highest BCUT2D eigenvalue weighted by Gasteiger charge is 2.41. The molecule has 0 spiro atoms. The second-order valence-electron chi connectivity index (χ2n) is 7.80. The molecular formula is C21H32N2O5S. The summed E-state index contributed by atoms with van der Waals surface area (Å²) in [4.78, 5) is 12.9. The minimum Gasteiger partial charge on any atom is -0.497 e. The molecule has 1 aliphatic heterocycles. The maximum atomic E-state index is 13.8. The van der Waals surface area contributed by atoms with Crippen LogP contribution in [0.4, 0.5) is 0 Å². The lowest BCUT2D eigenvalue weighted by Gasteiger charge is -2.38. The number of ether oxygens (including phenoxy) is 2. The van der Waals surface area contributed by atoms with Gasteiger partial charge in [0.05, 0.1) is 20.1 Å². The van der Waals surface area contributed by atoms with Crippen molar-refractivity contribution in [2.24, 2.45) is 5.92 Å². The minimum absolute atomic E-state index is 0.0191. The van der Waals surface area contributed by atoms with Crippen molar-refractivity contribution >= 4 is 15.9 Å². The van der Waals surface area contributed by atoms with E-state index in [9.17, 15) is 13.2 Å². The number of fused-ring (bicyclic) bond motifs is 1. The van der Waals surface area contributed by atoms with Crippen LogP contribution >= 0.6 is 0 Å². The Hall–Kier alpha value is -1.80. The van der Waals surface area contributed by atoms with Gasteiger partial charge in [0.15, 0.2) is 0 Å². The number of rotatable bonds is 4. The Kier molecular flexibility index (Phi) is 7.40. The molecule has 0 radical (unpaired) electrons. The predicted molar refractivity (Wildman–Crippen MR) is 111 cm³/mol. The standard InChI is InChI=1S/C21H32N2O5S/c1-27-16-11-12-19(28-2)20(15-16)29(25,26)23-14-8-4-3-7-13-22-21(24)17-9-5-6-10-18(17)23/h11-12,15,17-18H,3-10,13-14H2,1-2H3,(H,22,24)/t17-,18+/m1/s1. The molecular weight excluding hydrogens is 392 g/mol. The summed E-state index contributed by atoms with van der Waals surface area (Å²) in [6, 6.07) is 4.48. The Balaban J connectivity index is 2.04. The first-order valence-corrected chi connectivity index (χ1v) is 11.9. The van der Waals surface area contributed by atoms with Crippen LogP contribution in [0.25, 0.3) is 0 Å². The van der Waals surface area contributed by atoms with Gasteiger partial charge in [-0.15, -0.1) is 0 Å². The molecule has 29 heavy (non-hydrogen) atoms. The van der Waals surface area contributed by atoms with Crippen molar-refractivity contribution in [2.45, 2.75) is 62.3 Å². The topological polar surface area (TPSA) is 84.9 Å². The SMILES string of the molecule is COc1ccc(OC)c(S(=O)(=O)N2CCCCCCNC(=O)[C@@H]3CCCC[C@@H]32)c1. The summed E-state index contributed by atoms with van der Waals surface area (Å²) in [6.45, 7) is 1.08. The van der Waals surface area contributed by atoms with Gasteiger partial charge in [-0.05, 0) is 37.8 Å². The van der Waals surface area contributed by atoms with Gasteiger partial charge in [-0.25, -0.2) is 8.42 Å². The maximum absolute atomic E-state index is 13.8.